The van der Waals surface area contributed by atoms with Crippen LogP contribution in [0.2, 0.25) is 7.87 Å². The summed E-state index contributed by atoms with van der Waals surface area (Å²) in [6.45, 7) is 8.58. The minimum atomic E-state index is -1.19. The number of carboxylic acid groups (broad SMARTS) is 1. The van der Waals surface area contributed by atoms with E-state index in [0.29, 0.717) is 0 Å². The molecule has 2 N–H and O–H groups in total. The standard InChI is InChI=1S/2C3H7.C2H4O3.Sn/c2*1-3-2;3-1-2(4)5;/h2*3H,1-2H3;3H,1H2,(H,4,5);. The molecule has 0 fully saturated rings. The van der Waals surface area contributed by atoms with Gasteiger partial charge in [-0.25, -0.2) is 4.79 Å². The second-order valence-corrected chi connectivity index (χ2v) is 10.6. The van der Waals surface area contributed by atoms with Crippen LogP contribution in [0.1, 0.15) is 27.7 Å². The van der Waals surface area contributed by atoms with Crippen molar-refractivity contribution in [3.8, 4) is 0 Å². The fourth-order valence-corrected chi connectivity index (χ4v) is 4.47. The Labute approximate surface area is 84.4 Å². The summed E-state index contributed by atoms with van der Waals surface area (Å²) in [4.78, 5) is 9.12. The number of carboxylic acids is 1. The Bertz CT molecular complexity index is 107. The van der Waals surface area contributed by atoms with Gasteiger partial charge in [0.1, 0.15) is 6.61 Å². The van der Waals surface area contributed by atoms with Crippen molar-refractivity contribution >= 4 is 27.1 Å². The van der Waals surface area contributed by atoms with E-state index in [2.05, 4.69) is 27.7 Å². The van der Waals surface area contributed by atoms with Crippen molar-refractivity contribution in [3.63, 3.8) is 0 Å². The van der Waals surface area contributed by atoms with Crippen LogP contribution in [0, 0.1) is 0 Å². The molecule has 0 aromatic heterocycles. The van der Waals surface area contributed by atoms with Gasteiger partial charge in [-0.3, -0.25) is 0 Å². The number of rotatable bonds is 3. The molecule has 0 aliphatic heterocycles. The molecule has 2 radical (unpaired) electrons. The Balaban J connectivity index is 0. The zero-order chi connectivity index (χ0) is 10.1. The van der Waals surface area contributed by atoms with Gasteiger partial charge in [-0.1, -0.05) is 0 Å². The average molecular weight is 281 g/mol. The molecular weight excluding hydrogens is 263 g/mol. The van der Waals surface area contributed by atoms with Gasteiger partial charge in [-0.05, 0) is 0 Å². The van der Waals surface area contributed by atoms with E-state index in [9.17, 15) is 0 Å². The van der Waals surface area contributed by atoms with E-state index in [4.69, 9.17) is 15.0 Å². The van der Waals surface area contributed by atoms with Crippen LogP contribution >= 0.6 is 0 Å². The van der Waals surface area contributed by atoms with Gasteiger partial charge in [-0.15, -0.1) is 0 Å². The number of hydrogen-bond donors (Lipinski definition) is 2. The third-order valence-electron chi connectivity index (χ3n) is 0.802. The molecule has 0 amide bonds. The molecule has 0 saturated heterocycles. The topological polar surface area (TPSA) is 57.5 Å². The molecule has 12 heavy (non-hydrogen) atoms. The van der Waals surface area contributed by atoms with E-state index in [0.717, 1.165) is 7.87 Å². The number of aliphatic carboxylic acids is 1. The minimum Gasteiger partial charge on any atom is -0.480 e. The predicted molar refractivity (Wildman–Crippen MR) is 50.7 cm³/mol. The fraction of sp³-hybridized carbons (Fsp3) is 0.875. The van der Waals surface area contributed by atoms with Gasteiger partial charge < -0.3 is 10.2 Å². The Kier molecular flexibility index (Phi) is 11.4. The van der Waals surface area contributed by atoms with Crippen molar-refractivity contribution in [3.05, 3.63) is 0 Å². The molecule has 0 aliphatic carbocycles. The summed E-state index contributed by atoms with van der Waals surface area (Å²) in [6.07, 6.45) is 0. The zero-order valence-electron chi connectivity index (χ0n) is 8.16. The minimum absolute atomic E-state index is 0.0389. The first-order valence-corrected chi connectivity index (χ1v) is 7.28. The summed E-state index contributed by atoms with van der Waals surface area (Å²) in [5.74, 6) is -1.19. The molecule has 0 aliphatic rings. The Hall–Kier alpha value is 0.229. The Morgan fingerprint density at radius 1 is 1.25 bits per heavy atom. The van der Waals surface area contributed by atoms with Crippen LogP contribution in [0.25, 0.3) is 0 Å². The summed E-state index contributed by atoms with van der Waals surface area (Å²) in [7, 11) is 0. The van der Waals surface area contributed by atoms with E-state index in [-0.39, 0.29) is 21.1 Å². The van der Waals surface area contributed by atoms with Crippen LogP contribution in [-0.4, -0.2) is 43.9 Å². The molecule has 0 atom stereocenters. The molecule has 72 valence electrons. The van der Waals surface area contributed by atoms with Gasteiger partial charge in [0.15, 0.2) is 0 Å². The van der Waals surface area contributed by atoms with Crippen molar-refractivity contribution < 1.29 is 15.0 Å². The number of hydrogen-bond acceptors (Lipinski definition) is 2. The maximum Gasteiger partial charge on any atom is 0.329 e. The Morgan fingerprint density at radius 2 is 1.50 bits per heavy atom. The normalized spacial score (nSPS) is 9.58. The first kappa shape index (κ1) is 14.7. The van der Waals surface area contributed by atoms with E-state index >= 15 is 0 Å². The fourth-order valence-electron chi connectivity index (χ4n) is 0.667. The summed E-state index contributed by atoms with van der Waals surface area (Å²) in [6, 6.07) is 0. The summed E-state index contributed by atoms with van der Waals surface area (Å²) in [5.41, 5.74) is 0. The second kappa shape index (κ2) is 9.32. The van der Waals surface area contributed by atoms with Crippen molar-refractivity contribution in [1.29, 1.82) is 0 Å². The summed E-state index contributed by atoms with van der Waals surface area (Å²) in [5, 5.41) is 15.0. The van der Waals surface area contributed by atoms with Gasteiger partial charge in [0.25, 0.3) is 0 Å². The van der Waals surface area contributed by atoms with Gasteiger partial charge in [0.2, 0.25) is 0 Å². The number of carbonyl (C=O) groups is 1. The largest absolute Gasteiger partial charge is 0.480 e. The van der Waals surface area contributed by atoms with Crippen LogP contribution in [0.4, 0.5) is 0 Å². The quantitative estimate of drug-likeness (QED) is 0.769. The molecule has 3 nitrogen and oxygen atoms in total. The van der Waals surface area contributed by atoms with Crippen molar-refractivity contribution in [2.75, 3.05) is 6.61 Å². The maximum atomic E-state index is 9.12. The van der Waals surface area contributed by atoms with Crippen LogP contribution in [0.5, 0.6) is 0 Å². The first-order valence-electron chi connectivity index (χ1n) is 3.98. The summed E-state index contributed by atoms with van der Waals surface area (Å²) < 4.78 is 2.09. The van der Waals surface area contributed by atoms with E-state index < -0.39 is 12.6 Å². The second-order valence-electron chi connectivity index (χ2n) is 3.03. The van der Waals surface area contributed by atoms with Crippen LogP contribution in [0.3, 0.4) is 0 Å². The van der Waals surface area contributed by atoms with Crippen LogP contribution in [0.15, 0.2) is 0 Å². The first-order chi connectivity index (χ1) is 5.40. The van der Waals surface area contributed by atoms with Gasteiger partial charge in [0.05, 0.1) is 0 Å². The molecule has 0 rings (SSSR count). The average Bonchev–Trinajstić information content (AvgIpc) is 1.85. The maximum absolute atomic E-state index is 9.12. The van der Waals surface area contributed by atoms with Gasteiger partial charge in [0, 0.05) is 0 Å². The number of aliphatic hydroxyl groups is 1. The Morgan fingerprint density at radius 3 is 1.50 bits per heavy atom. The molecule has 0 unspecified atom stereocenters. The van der Waals surface area contributed by atoms with Crippen LogP contribution < -0.4 is 0 Å². The molecule has 0 spiro atoms. The van der Waals surface area contributed by atoms with Gasteiger partial charge >= 0.3 is 62.7 Å². The predicted octanol–water partition coefficient (Wildman–Crippen LogP) is 1.41. The molecule has 4 heteroatoms. The third-order valence-corrected chi connectivity index (χ3v) is 4.61. The monoisotopic (exact) mass is 282 g/mol. The smallest absolute Gasteiger partial charge is 0.329 e. The molecule has 0 heterocycles. The van der Waals surface area contributed by atoms with Crippen LogP contribution in [-0.2, 0) is 4.79 Å². The van der Waals surface area contributed by atoms with Gasteiger partial charge in [-0.2, -0.15) is 0 Å². The molecule has 0 bridgehead atoms. The van der Waals surface area contributed by atoms with Crippen molar-refractivity contribution in [1.82, 2.24) is 0 Å². The van der Waals surface area contributed by atoms with E-state index in [1.807, 2.05) is 0 Å². The zero-order valence-corrected chi connectivity index (χ0v) is 11.0. The van der Waals surface area contributed by atoms with E-state index in [1.165, 1.54) is 0 Å². The molecule has 0 aromatic carbocycles. The van der Waals surface area contributed by atoms with Crippen molar-refractivity contribution in [2.24, 2.45) is 0 Å². The molecular formula is C8H18O3Sn. The number of aliphatic hydroxyl groups excluding tert-OH is 1. The third kappa shape index (κ3) is 22.5. The molecule has 0 aromatic rings. The van der Waals surface area contributed by atoms with E-state index in [1.54, 1.807) is 0 Å². The van der Waals surface area contributed by atoms with Crippen molar-refractivity contribution in [2.45, 2.75) is 35.6 Å². The SMILES string of the molecule is C[CH](C)[Sn][CH](C)C.O=C(O)CO. The molecule has 0 saturated carbocycles. The summed E-state index contributed by atoms with van der Waals surface area (Å²) >= 11 is 0.0389.